The Morgan fingerprint density at radius 1 is 1.20 bits per heavy atom. The van der Waals surface area contributed by atoms with Gasteiger partial charge in [0.2, 0.25) is 5.28 Å². The molecule has 0 bridgehead atoms. The summed E-state index contributed by atoms with van der Waals surface area (Å²) in [5.41, 5.74) is -0.809. The molecule has 0 unspecified atom stereocenters. The van der Waals surface area contributed by atoms with E-state index in [1.165, 1.54) is 0 Å². The molecular formula is C7H2Cl2F3N3. The van der Waals surface area contributed by atoms with Crippen molar-refractivity contribution in [2.75, 3.05) is 0 Å². The summed E-state index contributed by atoms with van der Waals surface area (Å²) in [6.07, 6.45) is -3.69. The SMILES string of the molecule is FC(F)(F)c1cc(Cl)c2nnc(Cl)n2c1. The molecule has 3 nitrogen and oxygen atoms in total. The van der Waals surface area contributed by atoms with Crippen LogP contribution in [0.4, 0.5) is 13.2 Å². The van der Waals surface area contributed by atoms with E-state index in [0.717, 1.165) is 16.7 Å². The van der Waals surface area contributed by atoms with E-state index in [0.29, 0.717) is 0 Å². The number of rotatable bonds is 0. The number of pyridine rings is 1. The van der Waals surface area contributed by atoms with Gasteiger partial charge in [-0.1, -0.05) is 11.6 Å². The Hall–Kier alpha value is -1.01. The molecule has 2 heterocycles. The van der Waals surface area contributed by atoms with Gasteiger partial charge in [0.05, 0.1) is 10.6 Å². The Morgan fingerprint density at radius 3 is 2.47 bits per heavy atom. The maximum absolute atomic E-state index is 12.4. The van der Waals surface area contributed by atoms with E-state index in [1.807, 2.05) is 0 Å². The molecule has 15 heavy (non-hydrogen) atoms. The van der Waals surface area contributed by atoms with Gasteiger partial charge in [0.25, 0.3) is 0 Å². The van der Waals surface area contributed by atoms with Crippen LogP contribution in [-0.2, 0) is 6.18 Å². The Kier molecular flexibility index (Phi) is 2.27. The third-order valence-corrected chi connectivity index (χ3v) is 2.28. The minimum atomic E-state index is -4.48. The molecule has 0 fully saturated rings. The number of aromatic nitrogens is 3. The highest BCUT2D eigenvalue weighted by molar-refractivity contribution is 6.34. The zero-order valence-electron chi connectivity index (χ0n) is 6.89. The average molecular weight is 256 g/mol. The molecule has 0 aliphatic heterocycles. The van der Waals surface area contributed by atoms with E-state index < -0.39 is 11.7 Å². The summed E-state index contributed by atoms with van der Waals surface area (Å²) >= 11 is 11.1. The van der Waals surface area contributed by atoms with Crippen LogP contribution in [0.15, 0.2) is 12.3 Å². The Bertz CT molecular complexity index is 520. The third kappa shape index (κ3) is 1.74. The number of nitrogens with zero attached hydrogens (tertiary/aromatic N) is 3. The molecule has 0 amide bonds. The first kappa shape index (κ1) is 10.5. The van der Waals surface area contributed by atoms with E-state index >= 15 is 0 Å². The molecule has 0 aliphatic carbocycles. The van der Waals surface area contributed by atoms with Crippen molar-refractivity contribution in [3.05, 3.63) is 28.1 Å². The van der Waals surface area contributed by atoms with Crippen LogP contribution in [0.2, 0.25) is 10.3 Å². The largest absolute Gasteiger partial charge is 0.417 e. The Labute approximate surface area is 91.4 Å². The van der Waals surface area contributed by atoms with Crippen LogP contribution in [0, 0.1) is 0 Å². The summed E-state index contributed by atoms with van der Waals surface area (Å²) in [4.78, 5) is 0. The van der Waals surface area contributed by atoms with Crippen molar-refractivity contribution in [2.45, 2.75) is 6.18 Å². The van der Waals surface area contributed by atoms with Crippen LogP contribution in [0.25, 0.3) is 5.65 Å². The highest BCUT2D eigenvalue weighted by Gasteiger charge is 2.32. The summed E-state index contributed by atoms with van der Waals surface area (Å²) in [6, 6.07) is 0.780. The summed E-state index contributed by atoms with van der Waals surface area (Å²) in [5, 5.41) is 6.61. The molecule has 0 N–H and O–H groups in total. The van der Waals surface area contributed by atoms with Crippen molar-refractivity contribution < 1.29 is 13.2 Å². The molecule has 2 aromatic rings. The molecule has 0 aromatic carbocycles. The summed E-state index contributed by atoms with van der Waals surface area (Å²) in [7, 11) is 0. The molecule has 8 heteroatoms. The first-order valence-electron chi connectivity index (χ1n) is 3.66. The van der Waals surface area contributed by atoms with Gasteiger partial charge in [-0.3, -0.25) is 4.40 Å². The van der Waals surface area contributed by atoms with E-state index in [-0.39, 0.29) is 16.0 Å². The molecule has 0 aliphatic rings. The van der Waals surface area contributed by atoms with Gasteiger partial charge in [0.15, 0.2) is 5.65 Å². The van der Waals surface area contributed by atoms with Crippen LogP contribution in [0.1, 0.15) is 5.56 Å². The highest BCUT2D eigenvalue weighted by Crippen LogP contribution is 2.32. The van der Waals surface area contributed by atoms with Gasteiger partial charge in [-0.15, -0.1) is 10.2 Å². The minimum absolute atomic E-state index is 0.0923. The second kappa shape index (κ2) is 3.24. The van der Waals surface area contributed by atoms with Crippen LogP contribution in [0.3, 0.4) is 0 Å². The lowest BCUT2D eigenvalue weighted by Crippen LogP contribution is -2.06. The van der Waals surface area contributed by atoms with Crippen molar-refractivity contribution in [3.8, 4) is 0 Å². The highest BCUT2D eigenvalue weighted by atomic mass is 35.5. The predicted octanol–water partition coefficient (Wildman–Crippen LogP) is 3.05. The molecule has 0 saturated heterocycles. The van der Waals surface area contributed by atoms with E-state index in [2.05, 4.69) is 10.2 Å². The minimum Gasteiger partial charge on any atom is -0.271 e. The lowest BCUT2D eigenvalue weighted by atomic mass is 10.3. The van der Waals surface area contributed by atoms with Crippen LogP contribution in [-0.4, -0.2) is 14.6 Å². The topological polar surface area (TPSA) is 30.2 Å². The smallest absolute Gasteiger partial charge is 0.271 e. The van der Waals surface area contributed by atoms with Gasteiger partial charge in [-0.25, -0.2) is 0 Å². The van der Waals surface area contributed by atoms with Crippen molar-refractivity contribution in [3.63, 3.8) is 0 Å². The second-order valence-corrected chi connectivity index (χ2v) is 3.48. The maximum atomic E-state index is 12.4. The lowest BCUT2D eigenvalue weighted by Gasteiger charge is -2.07. The molecule has 0 radical (unpaired) electrons. The van der Waals surface area contributed by atoms with E-state index in [1.54, 1.807) is 0 Å². The second-order valence-electron chi connectivity index (χ2n) is 2.74. The van der Waals surface area contributed by atoms with E-state index in [4.69, 9.17) is 23.2 Å². The third-order valence-electron chi connectivity index (χ3n) is 1.75. The van der Waals surface area contributed by atoms with Gasteiger partial charge < -0.3 is 0 Å². The molecule has 0 atom stereocenters. The zero-order chi connectivity index (χ0) is 11.2. The number of hydrogen-bond donors (Lipinski definition) is 0. The number of alkyl halides is 3. The molecular weight excluding hydrogens is 254 g/mol. The van der Waals surface area contributed by atoms with Crippen LogP contribution in [0.5, 0.6) is 0 Å². The van der Waals surface area contributed by atoms with Crippen molar-refractivity contribution in [1.29, 1.82) is 0 Å². The average Bonchev–Trinajstić information content (AvgIpc) is 2.47. The molecule has 2 aromatic heterocycles. The molecule has 80 valence electrons. The van der Waals surface area contributed by atoms with Crippen molar-refractivity contribution in [1.82, 2.24) is 14.6 Å². The van der Waals surface area contributed by atoms with E-state index in [9.17, 15) is 13.2 Å². The molecule has 2 rings (SSSR count). The van der Waals surface area contributed by atoms with Crippen molar-refractivity contribution in [2.24, 2.45) is 0 Å². The summed E-state index contributed by atoms with van der Waals surface area (Å²) < 4.78 is 38.1. The molecule has 0 spiro atoms. The fourth-order valence-electron chi connectivity index (χ4n) is 1.08. The quantitative estimate of drug-likeness (QED) is 0.725. The number of fused-ring (bicyclic) bond motifs is 1. The first-order valence-corrected chi connectivity index (χ1v) is 4.42. The zero-order valence-corrected chi connectivity index (χ0v) is 8.40. The van der Waals surface area contributed by atoms with Gasteiger partial charge in [-0.2, -0.15) is 13.2 Å². The molecule has 0 saturated carbocycles. The Morgan fingerprint density at radius 2 is 1.87 bits per heavy atom. The fourth-order valence-corrected chi connectivity index (χ4v) is 1.50. The fraction of sp³-hybridized carbons (Fsp3) is 0.143. The van der Waals surface area contributed by atoms with Crippen LogP contribution >= 0.6 is 23.2 Å². The lowest BCUT2D eigenvalue weighted by molar-refractivity contribution is -0.137. The normalized spacial score (nSPS) is 12.3. The Balaban J connectivity index is 2.76. The van der Waals surface area contributed by atoms with Crippen molar-refractivity contribution >= 4 is 28.8 Å². The standard InChI is InChI=1S/C7H2Cl2F3N3/c8-4-1-3(7(10,11)12)2-15-5(4)13-14-6(15)9/h1-2H. The van der Waals surface area contributed by atoms with Gasteiger partial charge >= 0.3 is 6.18 Å². The summed E-state index contributed by atoms with van der Waals surface area (Å²) in [6.45, 7) is 0. The van der Waals surface area contributed by atoms with Crippen LogP contribution < -0.4 is 0 Å². The monoisotopic (exact) mass is 255 g/mol. The van der Waals surface area contributed by atoms with Gasteiger partial charge in [0, 0.05) is 6.20 Å². The van der Waals surface area contributed by atoms with Gasteiger partial charge in [0.1, 0.15) is 0 Å². The number of halogens is 5. The predicted molar refractivity (Wildman–Crippen MR) is 48.0 cm³/mol. The first-order chi connectivity index (χ1) is 6.89. The maximum Gasteiger partial charge on any atom is 0.417 e. The summed E-state index contributed by atoms with van der Waals surface area (Å²) in [5.74, 6) is 0. The van der Waals surface area contributed by atoms with Gasteiger partial charge in [-0.05, 0) is 17.7 Å². The number of hydrogen-bond acceptors (Lipinski definition) is 2.